The first-order chi connectivity index (χ1) is 14.3. The second-order valence-corrected chi connectivity index (χ2v) is 9.33. The summed E-state index contributed by atoms with van der Waals surface area (Å²) in [5, 5.41) is 3.33. The molecule has 1 amide bonds. The van der Waals surface area contributed by atoms with Crippen LogP contribution < -0.4 is 9.47 Å². The van der Waals surface area contributed by atoms with E-state index in [0.29, 0.717) is 11.5 Å². The number of nitrogens with zero attached hydrogens (tertiary/aromatic N) is 3. The Labute approximate surface area is 183 Å². The Bertz CT molecular complexity index is 871. The second kappa shape index (κ2) is 9.62. The quantitative estimate of drug-likeness (QED) is 0.654. The van der Waals surface area contributed by atoms with Crippen molar-refractivity contribution in [1.82, 2.24) is 14.8 Å². The molecule has 2 heterocycles. The number of aromatic nitrogens is 1. The number of piperazine rings is 1. The van der Waals surface area contributed by atoms with E-state index in [0.717, 1.165) is 44.0 Å². The molecule has 0 N–H and O–H groups in total. The van der Waals surface area contributed by atoms with Gasteiger partial charge >= 0.3 is 0 Å². The third-order valence-electron chi connectivity index (χ3n) is 5.06. The molecule has 6 nitrogen and oxygen atoms in total. The van der Waals surface area contributed by atoms with Gasteiger partial charge in [-0.25, -0.2) is 4.98 Å². The van der Waals surface area contributed by atoms with Gasteiger partial charge in [-0.15, -0.1) is 11.3 Å². The number of amides is 1. The molecule has 1 aromatic carbocycles. The van der Waals surface area contributed by atoms with Crippen molar-refractivity contribution in [2.75, 3.05) is 40.4 Å². The molecule has 7 heteroatoms. The minimum atomic E-state index is 0.0279. The molecular weight excluding hydrogens is 398 g/mol. The van der Waals surface area contributed by atoms with E-state index >= 15 is 0 Å². The Hall–Kier alpha value is -2.38. The summed E-state index contributed by atoms with van der Waals surface area (Å²) in [5.74, 6) is 1.43. The van der Waals surface area contributed by atoms with E-state index in [1.807, 2.05) is 29.2 Å². The Kier molecular flexibility index (Phi) is 7.15. The van der Waals surface area contributed by atoms with E-state index in [2.05, 4.69) is 31.1 Å². The molecule has 2 aromatic rings. The van der Waals surface area contributed by atoms with Crippen molar-refractivity contribution in [2.45, 2.75) is 32.7 Å². The Balaban J connectivity index is 1.53. The van der Waals surface area contributed by atoms with Crippen molar-refractivity contribution in [1.29, 1.82) is 0 Å². The van der Waals surface area contributed by atoms with Gasteiger partial charge in [-0.05, 0) is 23.8 Å². The highest BCUT2D eigenvalue weighted by Crippen LogP contribution is 2.26. The predicted octanol–water partition coefficient (Wildman–Crippen LogP) is 3.82. The van der Waals surface area contributed by atoms with E-state index in [1.165, 1.54) is 5.01 Å². The maximum absolute atomic E-state index is 12.6. The van der Waals surface area contributed by atoms with Crippen molar-refractivity contribution in [3.05, 3.63) is 45.9 Å². The summed E-state index contributed by atoms with van der Waals surface area (Å²) in [5.41, 5.74) is 2.08. The summed E-state index contributed by atoms with van der Waals surface area (Å²) < 4.78 is 10.6. The maximum atomic E-state index is 12.6. The number of rotatable bonds is 6. The highest BCUT2D eigenvalue weighted by atomic mass is 32.1. The van der Waals surface area contributed by atoms with Crippen LogP contribution in [-0.4, -0.2) is 61.1 Å². The van der Waals surface area contributed by atoms with Gasteiger partial charge in [0.1, 0.15) is 11.5 Å². The van der Waals surface area contributed by atoms with Gasteiger partial charge in [-0.1, -0.05) is 20.8 Å². The van der Waals surface area contributed by atoms with Crippen LogP contribution in [0.3, 0.4) is 0 Å². The number of methoxy groups -OCH3 is 2. The highest BCUT2D eigenvalue weighted by Gasteiger charge is 2.22. The highest BCUT2D eigenvalue weighted by molar-refractivity contribution is 7.09. The Morgan fingerprint density at radius 1 is 1.10 bits per heavy atom. The van der Waals surface area contributed by atoms with Crippen LogP contribution in [0.4, 0.5) is 0 Å². The van der Waals surface area contributed by atoms with Gasteiger partial charge in [0.2, 0.25) is 5.91 Å². The van der Waals surface area contributed by atoms with E-state index in [1.54, 1.807) is 31.6 Å². The van der Waals surface area contributed by atoms with Crippen molar-refractivity contribution < 1.29 is 14.3 Å². The van der Waals surface area contributed by atoms with Crippen molar-refractivity contribution >= 4 is 23.3 Å². The summed E-state index contributed by atoms with van der Waals surface area (Å²) >= 11 is 1.73. The molecule has 1 fully saturated rings. The van der Waals surface area contributed by atoms with Crippen LogP contribution in [-0.2, 0) is 16.8 Å². The first kappa shape index (κ1) is 22.3. The van der Waals surface area contributed by atoms with Crippen LogP contribution in [0.25, 0.3) is 6.08 Å². The fraction of sp³-hybridized carbons (Fsp3) is 0.478. The number of hydrogen-bond acceptors (Lipinski definition) is 6. The SMILES string of the molecule is COc1cc(/C=C/C(=O)N2CCN(Cc3csc(C(C)(C)C)n3)CC2)cc(OC)c1. The molecule has 30 heavy (non-hydrogen) atoms. The lowest BCUT2D eigenvalue weighted by Crippen LogP contribution is -2.47. The number of carbonyl (C=O) groups is 1. The zero-order valence-electron chi connectivity index (χ0n) is 18.5. The van der Waals surface area contributed by atoms with E-state index in [-0.39, 0.29) is 11.3 Å². The molecule has 0 atom stereocenters. The molecule has 3 rings (SSSR count). The molecule has 1 aliphatic heterocycles. The summed E-state index contributed by atoms with van der Waals surface area (Å²) in [6.45, 7) is 10.6. The third-order valence-corrected chi connectivity index (χ3v) is 6.37. The van der Waals surface area contributed by atoms with E-state index in [9.17, 15) is 4.79 Å². The summed E-state index contributed by atoms with van der Waals surface area (Å²) in [6.07, 6.45) is 3.43. The number of carbonyl (C=O) groups excluding carboxylic acids is 1. The van der Waals surface area contributed by atoms with Crippen molar-refractivity contribution in [3.63, 3.8) is 0 Å². The molecule has 0 aliphatic carbocycles. The standard InChI is InChI=1S/C23H31N3O3S/c1-23(2,3)22-24-18(16-30-22)15-25-8-10-26(11-9-25)21(27)7-6-17-12-19(28-4)14-20(13-17)29-5/h6-7,12-14,16H,8-11,15H2,1-5H3/b7-6+. The van der Waals surface area contributed by atoms with Gasteiger partial charge in [0, 0.05) is 55.7 Å². The summed E-state index contributed by atoms with van der Waals surface area (Å²) in [4.78, 5) is 21.6. The minimum Gasteiger partial charge on any atom is -0.497 e. The molecule has 1 aliphatic rings. The smallest absolute Gasteiger partial charge is 0.246 e. The monoisotopic (exact) mass is 429 g/mol. The number of ether oxygens (including phenoxy) is 2. The van der Waals surface area contributed by atoms with Crippen LogP contribution in [0.5, 0.6) is 11.5 Å². The molecule has 0 spiro atoms. The topological polar surface area (TPSA) is 54.9 Å². The summed E-state index contributed by atoms with van der Waals surface area (Å²) in [7, 11) is 3.23. The number of thiazole rings is 1. The van der Waals surface area contributed by atoms with Crippen LogP contribution >= 0.6 is 11.3 Å². The third kappa shape index (κ3) is 5.83. The molecule has 1 aromatic heterocycles. The molecule has 0 radical (unpaired) electrons. The Morgan fingerprint density at radius 2 is 1.73 bits per heavy atom. The van der Waals surface area contributed by atoms with Gasteiger partial charge in [0.15, 0.2) is 0 Å². The van der Waals surface area contributed by atoms with Gasteiger partial charge in [0.25, 0.3) is 0 Å². The average molecular weight is 430 g/mol. The zero-order valence-corrected chi connectivity index (χ0v) is 19.3. The lowest BCUT2D eigenvalue weighted by molar-refractivity contribution is -0.127. The van der Waals surface area contributed by atoms with Gasteiger partial charge in [0.05, 0.1) is 24.9 Å². The van der Waals surface area contributed by atoms with Crippen LogP contribution in [0.2, 0.25) is 0 Å². The molecule has 162 valence electrons. The lowest BCUT2D eigenvalue weighted by atomic mass is 9.98. The van der Waals surface area contributed by atoms with Crippen LogP contribution in [0, 0.1) is 0 Å². The predicted molar refractivity (Wildman–Crippen MR) is 121 cm³/mol. The number of hydrogen-bond donors (Lipinski definition) is 0. The Morgan fingerprint density at radius 3 is 2.27 bits per heavy atom. The number of benzene rings is 1. The van der Waals surface area contributed by atoms with Gasteiger partial charge in [-0.3, -0.25) is 9.69 Å². The first-order valence-electron chi connectivity index (χ1n) is 10.2. The van der Waals surface area contributed by atoms with E-state index in [4.69, 9.17) is 14.5 Å². The minimum absolute atomic E-state index is 0.0279. The molecule has 0 saturated carbocycles. The van der Waals surface area contributed by atoms with Crippen LogP contribution in [0.1, 0.15) is 37.0 Å². The van der Waals surface area contributed by atoms with Crippen molar-refractivity contribution in [2.24, 2.45) is 0 Å². The molecule has 1 saturated heterocycles. The van der Waals surface area contributed by atoms with Crippen molar-refractivity contribution in [3.8, 4) is 11.5 Å². The normalized spacial score (nSPS) is 15.6. The maximum Gasteiger partial charge on any atom is 0.246 e. The molecule has 0 bridgehead atoms. The molecular formula is C23H31N3O3S. The van der Waals surface area contributed by atoms with Gasteiger partial charge in [-0.2, -0.15) is 0 Å². The lowest BCUT2D eigenvalue weighted by Gasteiger charge is -2.33. The second-order valence-electron chi connectivity index (χ2n) is 8.47. The van der Waals surface area contributed by atoms with E-state index < -0.39 is 0 Å². The fourth-order valence-electron chi connectivity index (χ4n) is 3.28. The van der Waals surface area contributed by atoms with Gasteiger partial charge < -0.3 is 14.4 Å². The first-order valence-corrected chi connectivity index (χ1v) is 11.0. The summed E-state index contributed by atoms with van der Waals surface area (Å²) in [6, 6.07) is 5.57. The van der Waals surface area contributed by atoms with Crippen LogP contribution in [0.15, 0.2) is 29.7 Å². The molecule has 0 unspecified atom stereocenters. The largest absolute Gasteiger partial charge is 0.497 e. The fourth-order valence-corrected chi connectivity index (χ4v) is 4.18. The zero-order chi connectivity index (χ0) is 21.7. The average Bonchev–Trinajstić information content (AvgIpc) is 3.21.